The fraction of sp³-hybridized carbons (Fsp3) is 0.542. The Balaban J connectivity index is 1.27. The van der Waals surface area contributed by atoms with Crippen molar-refractivity contribution in [3.05, 3.63) is 53.5 Å². The number of ether oxygens (including phenoxy) is 2. The zero-order valence-electron chi connectivity index (χ0n) is 18.9. The molecule has 1 amide bonds. The van der Waals surface area contributed by atoms with Crippen molar-refractivity contribution in [3.63, 3.8) is 0 Å². The number of hydrogen-bond donors (Lipinski definition) is 0. The van der Waals surface area contributed by atoms with Gasteiger partial charge >= 0.3 is 6.18 Å². The highest BCUT2D eigenvalue weighted by molar-refractivity contribution is 5.82. The summed E-state index contributed by atoms with van der Waals surface area (Å²) in [5.74, 6) is 0.612. The van der Waals surface area contributed by atoms with Gasteiger partial charge in [0, 0.05) is 25.6 Å². The Morgan fingerprint density at radius 1 is 1.12 bits per heavy atom. The van der Waals surface area contributed by atoms with Gasteiger partial charge in [0.05, 0.1) is 30.3 Å². The van der Waals surface area contributed by atoms with Crippen LogP contribution in [0.25, 0.3) is 0 Å². The van der Waals surface area contributed by atoms with Gasteiger partial charge in [-0.15, -0.1) is 0 Å². The normalized spacial score (nSPS) is 24.1. The average molecular weight is 476 g/mol. The number of benzene rings is 1. The molecule has 5 rings (SSSR count). The second-order valence-corrected chi connectivity index (χ2v) is 9.14. The molecule has 2 aromatic rings. The van der Waals surface area contributed by atoms with Crippen molar-refractivity contribution in [2.45, 2.75) is 62.6 Å². The largest absolute Gasteiger partial charge is 0.457 e. The van der Waals surface area contributed by atoms with Crippen molar-refractivity contribution < 1.29 is 27.4 Å². The van der Waals surface area contributed by atoms with Gasteiger partial charge in [-0.3, -0.25) is 9.78 Å². The Bertz CT molecular complexity index is 1030. The van der Waals surface area contributed by atoms with E-state index in [-0.39, 0.29) is 23.7 Å². The predicted molar refractivity (Wildman–Crippen MR) is 116 cm³/mol. The monoisotopic (exact) mass is 476 g/mol. The van der Waals surface area contributed by atoms with E-state index in [1.165, 1.54) is 19.2 Å². The van der Waals surface area contributed by atoms with E-state index in [4.69, 9.17) is 9.47 Å². The average Bonchev–Trinajstić information content (AvgIpc) is 3.61. The Labute approximate surface area is 195 Å². The summed E-state index contributed by atoms with van der Waals surface area (Å²) in [5, 5.41) is 0. The summed E-state index contributed by atoms with van der Waals surface area (Å²) in [4.78, 5) is 25.9. The minimum atomic E-state index is -4.49. The van der Waals surface area contributed by atoms with Crippen molar-refractivity contribution in [2.24, 2.45) is 0 Å². The summed E-state index contributed by atoms with van der Waals surface area (Å²) in [6.07, 6.45) is 2.40. The highest BCUT2D eigenvalue weighted by atomic mass is 19.4. The number of nitrogens with zero attached hydrogens (tertiary/aromatic N) is 4. The maximum Gasteiger partial charge on any atom is 0.416 e. The van der Waals surface area contributed by atoms with Crippen molar-refractivity contribution >= 4 is 5.91 Å². The molecule has 1 unspecified atom stereocenters. The molecule has 3 atom stereocenters. The number of carbonyl (C=O) groups is 1. The molecule has 3 heterocycles. The summed E-state index contributed by atoms with van der Waals surface area (Å²) in [7, 11) is 1.33. The minimum absolute atomic E-state index is 0.185. The number of aromatic nitrogens is 2. The van der Waals surface area contributed by atoms with Crippen LogP contribution in [0.5, 0.6) is 5.88 Å². The lowest BCUT2D eigenvalue weighted by atomic mass is 10.0. The van der Waals surface area contributed by atoms with Crippen LogP contribution in [0, 0.1) is 0 Å². The lowest BCUT2D eigenvalue weighted by Gasteiger charge is -2.41. The maximum absolute atomic E-state index is 13.3. The molecule has 182 valence electrons. The maximum atomic E-state index is 13.3. The van der Waals surface area contributed by atoms with Crippen LogP contribution in [-0.4, -0.2) is 58.3 Å². The number of methoxy groups -OCH3 is 1. The van der Waals surface area contributed by atoms with Gasteiger partial charge in [0.1, 0.15) is 0 Å². The zero-order valence-corrected chi connectivity index (χ0v) is 18.9. The van der Waals surface area contributed by atoms with E-state index in [1.807, 2.05) is 0 Å². The molecule has 0 bridgehead atoms. The van der Waals surface area contributed by atoms with E-state index in [2.05, 4.69) is 14.9 Å². The van der Waals surface area contributed by atoms with E-state index in [0.717, 1.165) is 49.9 Å². The van der Waals surface area contributed by atoms with E-state index in [0.29, 0.717) is 25.0 Å². The lowest BCUT2D eigenvalue weighted by molar-refractivity contribution is -0.150. The fourth-order valence-corrected chi connectivity index (χ4v) is 4.84. The Morgan fingerprint density at radius 2 is 1.94 bits per heavy atom. The molecule has 2 saturated heterocycles. The standard InChI is InChI=1S/C24H27F3N4O3/c1-33-22(16-3-2-4-17(11-16)24(25,26)27)23(32)30-10-9-18-7-8-21(31(18)14-30)34-20-13-28-19(12-29-20)15-5-6-15/h2-4,11-13,15,18,21-22H,5-10,14H2,1H3/t18-,21-,22?/m0/s1. The molecule has 3 fully saturated rings. The summed E-state index contributed by atoms with van der Waals surface area (Å²) in [6, 6.07) is 5.02. The Morgan fingerprint density at radius 3 is 2.62 bits per heavy atom. The number of hydrogen-bond acceptors (Lipinski definition) is 6. The van der Waals surface area contributed by atoms with Crippen LogP contribution >= 0.6 is 0 Å². The lowest BCUT2D eigenvalue weighted by Crippen LogP contribution is -2.54. The minimum Gasteiger partial charge on any atom is -0.457 e. The molecule has 10 heteroatoms. The number of halogens is 3. The first kappa shape index (κ1) is 23.0. The van der Waals surface area contributed by atoms with Crippen LogP contribution in [0.2, 0.25) is 0 Å². The molecule has 34 heavy (non-hydrogen) atoms. The molecule has 1 aliphatic carbocycles. The third-order valence-electron chi connectivity index (χ3n) is 6.84. The van der Waals surface area contributed by atoms with Crippen LogP contribution in [0.4, 0.5) is 13.2 Å². The first-order valence-electron chi connectivity index (χ1n) is 11.6. The Hall–Kier alpha value is -2.72. The number of alkyl halides is 3. The van der Waals surface area contributed by atoms with Gasteiger partial charge in [-0.25, -0.2) is 9.88 Å². The third-order valence-corrected chi connectivity index (χ3v) is 6.84. The number of fused-ring (bicyclic) bond motifs is 1. The van der Waals surface area contributed by atoms with Gasteiger partial charge in [-0.1, -0.05) is 12.1 Å². The second-order valence-electron chi connectivity index (χ2n) is 9.14. The number of rotatable bonds is 6. The van der Waals surface area contributed by atoms with Crippen LogP contribution in [0.1, 0.15) is 60.9 Å². The van der Waals surface area contributed by atoms with E-state index in [9.17, 15) is 18.0 Å². The quantitative estimate of drug-likeness (QED) is 0.625. The molecule has 0 N–H and O–H groups in total. The van der Waals surface area contributed by atoms with Gasteiger partial charge in [-0.2, -0.15) is 13.2 Å². The molecule has 1 aromatic heterocycles. The van der Waals surface area contributed by atoms with E-state index >= 15 is 0 Å². The summed E-state index contributed by atoms with van der Waals surface area (Å²) in [5.41, 5.74) is 0.372. The van der Waals surface area contributed by atoms with Gasteiger partial charge in [0.25, 0.3) is 5.91 Å². The van der Waals surface area contributed by atoms with Crippen molar-refractivity contribution in [1.82, 2.24) is 19.8 Å². The van der Waals surface area contributed by atoms with E-state index < -0.39 is 17.8 Å². The fourth-order valence-electron chi connectivity index (χ4n) is 4.84. The highest BCUT2D eigenvalue weighted by Gasteiger charge is 2.41. The van der Waals surface area contributed by atoms with Crippen LogP contribution in [0.15, 0.2) is 36.7 Å². The summed E-state index contributed by atoms with van der Waals surface area (Å²) < 4.78 is 50.9. The number of carbonyl (C=O) groups excluding carboxylic acids is 1. The zero-order chi connectivity index (χ0) is 23.9. The molecule has 3 aliphatic rings. The van der Waals surface area contributed by atoms with Gasteiger partial charge in [0.15, 0.2) is 12.3 Å². The first-order chi connectivity index (χ1) is 16.3. The van der Waals surface area contributed by atoms with Crippen LogP contribution in [0.3, 0.4) is 0 Å². The molecule has 7 nitrogen and oxygen atoms in total. The highest BCUT2D eigenvalue weighted by Crippen LogP contribution is 2.39. The van der Waals surface area contributed by atoms with E-state index in [1.54, 1.807) is 17.3 Å². The SMILES string of the molecule is COC(C(=O)N1CC[C@@H]2CC[C@H](Oc3cnc(C4CC4)cn3)N2C1)c1cccc(C(F)(F)F)c1. The first-order valence-corrected chi connectivity index (χ1v) is 11.6. The molecule has 1 saturated carbocycles. The third kappa shape index (κ3) is 4.74. The topological polar surface area (TPSA) is 67.8 Å². The van der Waals surface area contributed by atoms with Gasteiger partial charge < -0.3 is 14.4 Å². The van der Waals surface area contributed by atoms with Crippen LogP contribution < -0.4 is 4.74 Å². The second kappa shape index (κ2) is 9.14. The molecule has 0 spiro atoms. The van der Waals surface area contributed by atoms with Crippen molar-refractivity contribution in [1.29, 1.82) is 0 Å². The number of amides is 1. The smallest absolute Gasteiger partial charge is 0.416 e. The van der Waals surface area contributed by atoms with Crippen LogP contribution in [-0.2, 0) is 15.7 Å². The van der Waals surface area contributed by atoms with Crippen molar-refractivity contribution in [3.8, 4) is 5.88 Å². The van der Waals surface area contributed by atoms with Gasteiger partial charge in [0.2, 0.25) is 5.88 Å². The molecular formula is C24H27F3N4O3. The molecule has 2 aliphatic heterocycles. The summed E-state index contributed by atoms with van der Waals surface area (Å²) >= 11 is 0. The molecule has 0 radical (unpaired) electrons. The molecule has 1 aromatic carbocycles. The van der Waals surface area contributed by atoms with Crippen molar-refractivity contribution in [2.75, 3.05) is 20.3 Å². The molecular weight excluding hydrogens is 449 g/mol. The predicted octanol–water partition coefficient (Wildman–Crippen LogP) is 4.12. The van der Waals surface area contributed by atoms with Gasteiger partial charge in [-0.05, 0) is 49.8 Å². The summed E-state index contributed by atoms with van der Waals surface area (Å²) in [6.45, 7) is 0.835. The Kier molecular flexibility index (Phi) is 6.20.